The molecule has 0 unspecified atom stereocenters. The predicted molar refractivity (Wildman–Crippen MR) is 51.7 cm³/mol. The summed E-state index contributed by atoms with van der Waals surface area (Å²) in [6, 6.07) is 9.68. The second-order valence-electron chi connectivity index (χ2n) is 3.01. The molecule has 0 saturated heterocycles. The Morgan fingerprint density at radius 2 is 1.75 bits per heavy atom. The van der Waals surface area contributed by atoms with Gasteiger partial charge in [0.2, 0.25) is 5.82 Å². The van der Waals surface area contributed by atoms with E-state index >= 15 is 0 Å². The largest absolute Gasteiger partial charge is 0.451 e. The van der Waals surface area contributed by atoms with Gasteiger partial charge < -0.3 is 4.74 Å². The van der Waals surface area contributed by atoms with E-state index in [4.69, 9.17) is 4.74 Å². The summed E-state index contributed by atoms with van der Waals surface area (Å²) < 4.78 is 44.1. The van der Waals surface area contributed by atoms with Crippen LogP contribution in [0.2, 0.25) is 0 Å². The second kappa shape index (κ2) is 4.26. The maximum Gasteiger partial charge on any atom is 0.201 e. The van der Waals surface area contributed by atoms with Crippen molar-refractivity contribution in [1.29, 1.82) is 0 Å². The van der Waals surface area contributed by atoms with Crippen molar-refractivity contribution in [1.82, 2.24) is 0 Å². The zero-order chi connectivity index (χ0) is 11.5. The van der Waals surface area contributed by atoms with E-state index in [1.165, 1.54) is 24.3 Å². The van der Waals surface area contributed by atoms with Crippen molar-refractivity contribution in [3.63, 3.8) is 0 Å². The van der Waals surface area contributed by atoms with Gasteiger partial charge in [-0.3, -0.25) is 0 Å². The lowest BCUT2D eigenvalue weighted by molar-refractivity contribution is 0.397. The molecule has 0 fully saturated rings. The summed E-state index contributed by atoms with van der Waals surface area (Å²) in [4.78, 5) is 0. The van der Waals surface area contributed by atoms with Crippen molar-refractivity contribution in [2.75, 3.05) is 0 Å². The van der Waals surface area contributed by atoms with Crippen LogP contribution in [0, 0.1) is 23.5 Å². The molecule has 1 radical (unpaired) electrons. The Balaban J connectivity index is 2.35. The van der Waals surface area contributed by atoms with Gasteiger partial charge in [-0.1, -0.05) is 12.1 Å². The first-order valence-electron chi connectivity index (χ1n) is 4.46. The first-order chi connectivity index (χ1) is 7.68. The van der Waals surface area contributed by atoms with Crippen LogP contribution in [0.4, 0.5) is 13.2 Å². The number of hydrogen-bond acceptors (Lipinski definition) is 1. The molecule has 0 bridgehead atoms. The molecule has 2 aromatic carbocycles. The van der Waals surface area contributed by atoms with Crippen molar-refractivity contribution in [2.45, 2.75) is 0 Å². The first-order valence-corrected chi connectivity index (χ1v) is 4.46. The molecule has 0 aliphatic carbocycles. The summed E-state index contributed by atoms with van der Waals surface area (Å²) >= 11 is 0. The third kappa shape index (κ3) is 2.00. The molecule has 0 N–H and O–H groups in total. The van der Waals surface area contributed by atoms with Gasteiger partial charge in [-0.2, -0.15) is 4.39 Å². The zero-order valence-electron chi connectivity index (χ0n) is 8.01. The van der Waals surface area contributed by atoms with E-state index in [1.54, 1.807) is 0 Å². The molecule has 4 heteroatoms. The minimum Gasteiger partial charge on any atom is -0.451 e. The van der Waals surface area contributed by atoms with E-state index in [1.807, 2.05) is 0 Å². The summed E-state index contributed by atoms with van der Waals surface area (Å²) in [5.41, 5.74) is 0. The molecule has 0 saturated carbocycles. The van der Waals surface area contributed by atoms with Crippen LogP contribution in [0.15, 0.2) is 36.4 Å². The average Bonchev–Trinajstić information content (AvgIpc) is 2.28. The van der Waals surface area contributed by atoms with Gasteiger partial charge in [0.05, 0.1) is 0 Å². The molecule has 2 rings (SSSR count). The summed E-state index contributed by atoms with van der Waals surface area (Å²) in [6.07, 6.45) is 0. The van der Waals surface area contributed by atoms with Crippen molar-refractivity contribution in [3.8, 4) is 11.5 Å². The van der Waals surface area contributed by atoms with Crippen molar-refractivity contribution >= 4 is 0 Å². The SMILES string of the molecule is Fc1c[c]ccc1Oc1cccc(F)c1F. The quantitative estimate of drug-likeness (QED) is 0.754. The van der Waals surface area contributed by atoms with Crippen LogP contribution >= 0.6 is 0 Å². The Labute approximate surface area is 90.1 Å². The highest BCUT2D eigenvalue weighted by Gasteiger charge is 2.11. The lowest BCUT2D eigenvalue weighted by Gasteiger charge is -2.07. The maximum absolute atomic E-state index is 13.2. The van der Waals surface area contributed by atoms with E-state index in [0.29, 0.717) is 0 Å². The van der Waals surface area contributed by atoms with Crippen molar-refractivity contribution < 1.29 is 17.9 Å². The van der Waals surface area contributed by atoms with E-state index < -0.39 is 17.5 Å². The van der Waals surface area contributed by atoms with Gasteiger partial charge in [-0.25, -0.2) is 8.78 Å². The number of rotatable bonds is 2. The van der Waals surface area contributed by atoms with Crippen LogP contribution < -0.4 is 4.74 Å². The van der Waals surface area contributed by atoms with Gasteiger partial charge in [0.15, 0.2) is 23.1 Å². The molecule has 0 atom stereocenters. The molecule has 0 amide bonds. The Morgan fingerprint density at radius 3 is 2.50 bits per heavy atom. The lowest BCUT2D eigenvalue weighted by Crippen LogP contribution is -1.93. The van der Waals surface area contributed by atoms with E-state index in [-0.39, 0.29) is 11.5 Å². The lowest BCUT2D eigenvalue weighted by atomic mass is 10.3. The third-order valence-electron chi connectivity index (χ3n) is 1.91. The smallest absolute Gasteiger partial charge is 0.201 e. The van der Waals surface area contributed by atoms with Crippen LogP contribution in [0.25, 0.3) is 0 Å². The van der Waals surface area contributed by atoms with Crippen LogP contribution in [0.1, 0.15) is 0 Å². The van der Waals surface area contributed by atoms with Gasteiger partial charge in [0, 0.05) is 0 Å². The van der Waals surface area contributed by atoms with Gasteiger partial charge >= 0.3 is 0 Å². The molecule has 0 aliphatic rings. The first kappa shape index (κ1) is 10.5. The predicted octanol–water partition coefficient (Wildman–Crippen LogP) is 3.70. The van der Waals surface area contributed by atoms with Gasteiger partial charge in [-0.15, -0.1) is 0 Å². The highest BCUT2D eigenvalue weighted by molar-refractivity contribution is 5.33. The van der Waals surface area contributed by atoms with Crippen LogP contribution in [-0.2, 0) is 0 Å². The highest BCUT2D eigenvalue weighted by Crippen LogP contribution is 2.27. The average molecular weight is 223 g/mol. The summed E-state index contributed by atoms with van der Waals surface area (Å²) in [6.45, 7) is 0. The second-order valence-corrected chi connectivity index (χ2v) is 3.01. The Morgan fingerprint density at radius 1 is 0.938 bits per heavy atom. The molecule has 81 valence electrons. The number of halogens is 3. The molecule has 1 nitrogen and oxygen atoms in total. The van der Waals surface area contributed by atoms with Crippen LogP contribution in [0.5, 0.6) is 11.5 Å². The normalized spacial score (nSPS) is 10.2. The fourth-order valence-electron chi connectivity index (χ4n) is 1.16. The molecule has 0 spiro atoms. The fourth-order valence-corrected chi connectivity index (χ4v) is 1.16. The van der Waals surface area contributed by atoms with Crippen LogP contribution in [-0.4, -0.2) is 0 Å². The molecule has 16 heavy (non-hydrogen) atoms. The number of ether oxygens (including phenoxy) is 1. The Kier molecular flexibility index (Phi) is 2.81. The summed E-state index contributed by atoms with van der Waals surface area (Å²) in [5, 5.41) is 0. The Bertz CT molecular complexity index is 511. The molecular weight excluding hydrogens is 217 g/mol. The van der Waals surface area contributed by atoms with E-state index in [0.717, 1.165) is 12.1 Å². The van der Waals surface area contributed by atoms with E-state index in [9.17, 15) is 13.2 Å². The van der Waals surface area contributed by atoms with Crippen molar-refractivity contribution in [2.24, 2.45) is 0 Å². The summed E-state index contributed by atoms with van der Waals surface area (Å²) in [7, 11) is 0. The fraction of sp³-hybridized carbons (Fsp3) is 0. The van der Waals surface area contributed by atoms with Gasteiger partial charge in [-0.05, 0) is 30.3 Å². The number of benzene rings is 2. The Hall–Kier alpha value is -1.97. The van der Waals surface area contributed by atoms with Crippen molar-refractivity contribution in [3.05, 3.63) is 59.9 Å². The van der Waals surface area contributed by atoms with Crippen LogP contribution in [0.3, 0.4) is 0 Å². The number of hydrogen-bond donors (Lipinski definition) is 0. The van der Waals surface area contributed by atoms with E-state index in [2.05, 4.69) is 6.07 Å². The van der Waals surface area contributed by atoms with Gasteiger partial charge in [0.25, 0.3) is 0 Å². The van der Waals surface area contributed by atoms with Gasteiger partial charge in [0.1, 0.15) is 0 Å². The standard InChI is InChI=1S/C12H6F3O/c13-8-4-1-2-6-10(8)16-11-7-3-5-9(14)12(11)15/h2-7H. The minimum atomic E-state index is -1.14. The topological polar surface area (TPSA) is 9.23 Å². The molecule has 2 aromatic rings. The molecule has 0 aliphatic heterocycles. The maximum atomic E-state index is 13.2. The molecule has 0 heterocycles. The zero-order valence-corrected chi connectivity index (χ0v) is 8.01. The minimum absolute atomic E-state index is 0.178. The monoisotopic (exact) mass is 223 g/mol. The molecular formula is C12H6F3O. The summed E-state index contributed by atoms with van der Waals surface area (Å²) in [5.74, 6) is -3.41. The molecule has 0 aromatic heterocycles. The third-order valence-corrected chi connectivity index (χ3v) is 1.91. The highest BCUT2D eigenvalue weighted by atomic mass is 19.2.